The summed E-state index contributed by atoms with van der Waals surface area (Å²) in [4.78, 5) is 14.1. The van der Waals surface area contributed by atoms with E-state index in [0.29, 0.717) is 11.8 Å². The van der Waals surface area contributed by atoms with Gasteiger partial charge < -0.3 is 9.64 Å². The highest BCUT2D eigenvalue weighted by Gasteiger charge is 2.44. The van der Waals surface area contributed by atoms with Crippen LogP contribution in [0.3, 0.4) is 0 Å². The lowest BCUT2D eigenvalue weighted by molar-refractivity contribution is -0.135. The summed E-state index contributed by atoms with van der Waals surface area (Å²) in [5, 5.41) is 0. The van der Waals surface area contributed by atoms with Crippen molar-refractivity contribution >= 4 is 5.91 Å². The highest BCUT2D eigenvalue weighted by atomic mass is 16.5. The number of likely N-dealkylation sites (tertiary alicyclic amines) is 1. The summed E-state index contributed by atoms with van der Waals surface area (Å²) < 4.78 is 6.20. The zero-order chi connectivity index (χ0) is 12.9. The third-order valence-corrected chi connectivity index (χ3v) is 4.72. The Morgan fingerprint density at radius 1 is 1.21 bits per heavy atom. The van der Waals surface area contributed by atoms with E-state index < -0.39 is 0 Å². The van der Waals surface area contributed by atoms with Gasteiger partial charge in [0.1, 0.15) is 11.4 Å². The molecule has 4 rings (SSSR count). The van der Waals surface area contributed by atoms with Crippen LogP contribution in [0.15, 0.2) is 24.3 Å². The molecule has 1 aliphatic carbocycles. The van der Waals surface area contributed by atoms with Gasteiger partial charge in [0.05, 0.1) is 0 Å². The maximum atomic E-state index is 12.1. The Bertz CT molecular complexity index is 486. The number of piperidine rings is 1. The van der Waals surface area contributed by atoms with Crippen LogP contribution in [0, 0.1) is 5.92 Å². The minimum absolute atomic E-state index is 0.0377. The highest BCUT2D eigenvalue weighted by molar-refractivity contribution is 5.81. The number of benzene rings is 1. The van der Waals surface area contributed by atoms with E-state index in [0.717, 1.165) is 50.9 Å². The monoisotopic (exact) mass is 257 g/mol. The van der Waals surface area contributed by atoms with Crippen LogP contribution < -0.4 is 4.74 Å². The van der Waals surface area contributed by atoms with Gasteiger partial charge in [-0.15, -0.1) is 0 Å². The number of nitrogens with zero attached hydrogens (tertiary/aromatic N) is 1. The van der Waals surface area contributed by atoms with Gasteiger partial charge in [-0.25, -0.2) is 0 Å². The van der Waals surface area contributed by atoms with Crippen LogP contribution in [0.4, 0.5) is 0 Å². The second-order valence-corrected chi connectivity index (χ2v) is 6.17. The fourth-order valence-corrected chi connectivity index (χ4v) is 3.37. The number of fused-ring (bicyclic) bond motifs is 1. The van der Waals surface area contributed by atoms with Crippen LogP contribution in [-0.2, 0) is 11.2 Å². The van der Waals surface area contributed by atoms with Gasteiger partial charge in [0.15, 0.2) is 0 Å². The van der Waals surface area contributed by atoms with Crippen molar-refractivity contribution in [1.29, 1.82) is 0 Å². The zero-order valence-corrected chi connectivity index (χ0v) is 11.1. The van der Waals surface area contributed by atoms with Gasteiger partial charge in [0, 0.05) is 38.3 Å². The third kappa shape index (κ3) is 1.92. The lowest BCUT2D eigenvalue weighted by atomic mass is 9.87. The number of hydrogen-bond acceptors (Lipinski definition) is 2. The Morgan fingerprint density at radius 2 is 1.95 bits per heavy atom. The molecule has 1 amide bonds. The normalized spacial score (nSPS) is 24.1. The predicted molar refractivity (Wildman–Crippen MR) is 72.0 cm³/mol. The summed E-state index contributed by atoms with van der Waals surface area (Å²) in [6.45, 7) is 1.73. The maximum absolute atomic E-state index is 12.1. The molecule has 3 aliphatic rings. The molecular formula is C16H19NO2. The van der Waals surface area contributed by atoms with E-state index in [1.807, 2.05) is 6.07 Å². The molecule has 2 heterocycles. The van der Waals surface area contributed by atoms with Crippen molar-refractivity contribution in [1.82, 2.24) is 4.90 Å². The van der Waals surface area contributed by atoms with Crippen LogP contribution in [-0.4, -0.2) is 29.5 Å². The van der Waals surface area contributed by atoms with Gasteiger partial charge in [-0.3, -0.25) is 4.79 Å². The van der Waals surface area contributed by atoms with Crippen molar-refractivity contribution in [3.8, 4) is 5.75 Å². The minimum atomic E-state index is -0.0377. The summed E-state index contributed by atoms with van der Waals surface area (Å²) in [5.74, 6) is 1.77. The van der Waals surface area contributed by atoms with Crippen LogP contribution in [0.5, 0.6) is 5.75 Å². The van der Waals surface area contributed by atoms with Crippen molar-refractivity contribution in [3.05, 3.63) is 29.8 Å². The Balaban J connectivity index is 1.45. The van der Waals surface area contributed by atoms with Crippen LogP contribution >= 0.6 is 0 Å². The number of para-hydroxylation sites is 1. The molecule has 1 aromatic carbocycles. The van der Waals surface area contributed by atoms with Crippen LogP contribution in [0.25, 0.3) is 0 Å². The van der Waals surface area contributed by atoms with E-state index in [-0.39, 0.29) is 5.60 Å². The summed E-state index contributed by atoms with van der Waals surface area (Å²) >= 11 is 0. The topological polar surface area (TPSA) is 29.5 Å². The van der Waals surface area contributed by atoms with Gasteiger partial charge in [-0.1, -0.05) is 18.2 Å². The number of rotatable bonds is 1. The van der Waals surface area contributed by atoms with E-state index in [1.54, 1.807) is 0 Å². The van der Waals surface area contributed by atoms with Gasteiger partial charge in [0.25, 0.3) is 0 Å². The quantitative estimate of drug-likeness (QED) is 0.773. The Kier molecular flexibility index (Phi) is 2.38. The third-order valence-electron chi connectivity index (χ3n) is 4.72. The molecule has 0 bridgehead atoms. The second kappa shape index (κ2) is 3.99. The van der Waals surface area contributed by atoms with E-state index in [9.17, 15) is 4.79 Å². The van der Waals surface area contributed by atoms with Crippen molar-refractivity contribution in [2.24, 2.45) is 5.92 Å². The van der Waals surface area contributed by atoms with Crippen molar-refractivity contribution in [2.45, 2.75) is 37.7 Å². The molecule has 1 saturated heterocycles. The van der Waals surface area contributed by atoms with Gasteiger partial charge in [-0.05, 0) is 24.5 Å². The molecule has 3 nitrogen and oxygen atoms in total. The van der Waals surface area contributed by atoms with Crippen LogP contribution in [0.1, 0.15) is 31.2 Å². The highest BCUT2D eigenvalue weighted by Crippen LogP contribution is 2.41. The van der Waals surface area contributed by atoms with Crippen molar-refractivity contribution in [2.75, 3.05) is 13.1 Å². The molecule has 1 saturated carbocycles. The number of ether oxygens (including phenoxy) is 1. The molecule has 1 aromatic rings. The minimum Gasteiger partial charge on any atom is -0.487 e. The van der Waals surface area contributed by atoms with E-state index in [2.05, 4.69) is 23.1 Å². The molecule has 2 aliphatic heterocycles. The first-order valence-electron chi connectivity index (χ1n) is 7.32. The molecule has 0 unspecified atom stereocenters. The Morgan fingerprint density at radius 3 is 2.63 bits per heavy atom. The molecular weight excluding hydrogens is 238 g/mol. The molecule has 0 atom stereocenters. The average Bonchev–Trinajstić information content (AvgIpc) is 3.21. The van der Waals surface area contributed by atoms with Crippen molar-refractivity contribution in [3.63, 3.8) is 0 Å². The number of hydrogen-bond donors (Lipinski definition) is 0. The molecule has 19 heavy (non-hydrogen) atoms. The smallest absolute Gasteiger partial charge is 0.225 e. The summed E-state index contributed by atoms with van der Waals surface area (Å²) in [7, 11) is 0. The largest absolute Gasteiger partial charge is 0.487 e. The van der Waals surface area contributed by atoms with E-state index in [1.165, 1.54) is 5.56 Å². The Hall–Kier alpha value is -1.51. The fourth-order valence-electron chi connectivity index (χ4n) is 3.37. The maximum Gasteiger partial charge on any atom is 0.225 e. The predicted octanol–water partition coefficient (Wildman–Crippen LogP) is 2.39. The summed E-state index contributed by atoms with van der Waals surface area (Å²) in [6.07, 6.45) is 5.15. The van der Waals surface area contributed by atoms with Crippen LogP contribution in [0.2, 0.25) is 0 Å². The Labute approximate surface area is 113 Å². The van der Waals surface area contributed by atoms with E-state index >= 15 is 0 Å². The molecule has 0 N–H and O–H groups in total. The van der Waals surface area contributed by atoms with Crippen molar-refractivity contribution < 1.29 is 9.53 Å². The first-order chi connectivity index (χ1) is 9.26. The van der Waals surface area contributed by atoms with Gasteiger partial charge in [-0.2, -0.15) is 0 Å². The summed E-state index contributed by atoms with van der Waals surface area (Å²) in [5.41, 5.74) is 1.29. The molecule has 100 valence electrons. The number of carbonyl (C=O) groups excluding carboxylic acids is 1. The lowest BCUT2D eigenvalue weighted by Gasteiger charge is -2.38. The number of carbonyl (C=O) groups is 1. The standard InChI is InChI=1S/C16H19NO2/c18-15(12-5-6-12)17-9-7-16(8-10-17)11-13-3-1-2-4-14(13)19-16/h1-4,12H,5-11H2. The molecule has 0 radical (unpaired) electrons. The van der Waals surface area contributed by atoms with E-state index in [4.69, 9.17) is 4.74 Å². The lowest BCUT2D eigenvalue weighted by Crippen LogP contribution is -2.49. The zero-order valence-electron chi connectivity index (χ0n) is 11.1. The first kappa shape index (κ1) is 11.3. The molecule has 3 heteroatoms. The molecule has 1 spiro atoms. The molecule has 0 aromatic heterocycles. The SMILES string of the molecule is O=C(C1CC1)N1CCC2(CC1)Cc1ccccc1O2. The summed E-state index contributed by atoms with van der Waals surface area (Å²) in [6, 6.07) is 8.33. The average molecular weight is 257 g/mol. The molecule has 2 fully saturated rings. The van der Waals surface area contributed by atoms with Gasteiger partial charge >= 0.3 is 0 Å². The number of amides is 1. The fraction of sp³-hybridized carbons (Fsp3) is 0.562. The van der Waals surface area contributed by atoms with Gasteiger partial charge in [0.2, 0.25) is 5.91 Å². The second-order valence-electron chi connectivity index (χ2n) is 6.17. The first-order valence-corrected chi connectivity index (χ1v) is 7.32.